The molecule has 2 aromatic carbocycles. The van der Waals surface area contributed by atoms with Crippen molar-refractivity contribution in [3.63, 3.8) is 0 Å². The highest BCUT2D eigenvalue weighted by atomic mass is 35.5. The summed E-state index contributed by atoms with van der Waals surface area (Å²) < 4.78 is 27.5. The van der Waals surface area contributed by atoms with Gasteiger partial charge in [-0.15, -0.1) is 0 Å². The van der Waals surface area contributed by atoms with E-state index in [4.69, 9.17) is 11.6 Å². The number of anilines is 1. The third kappa shape index (κ3) is 5.36. The summed E-state index contributed by atoms with van der Waals surface area (Å²) in [6.07, 6.45) is 5.01. The van der Waals surface area contributed by atoms with E-state index >= 15 is 0 Å². The van der Waals surface area contributed by atoms with Gasteiger partial charge in [-0.2, -0.15) is 5.10 Å². The fourth-order valence-electron chi connectivity index (χ4n) is 3.15. The predicted octanol–water partition coefficient (Wildman–Crippen LogP) is 4.28. The van der Waals surface area contributed by atoms with Crippen LogP contribution in [0.5, 0.6) is 0 Å². The molecule has 6 nitrogen and oxygen atoms in total. The first-order chi connectivity index (χ1) is 13.9. The molecule has 1 N–H and O–H groups in total. The van der Waals surface area contributed by atoms with E-state index in [-0.39, 0.29) is 4.90 Å². The van der Waals surface area contributed by atoms with Crippen LogP contribution in [0.2, 0.25) is 5.02 Å². The summed E-state index contributed by atoms with van der Waals surface area (Å²) in [4.78, 5) is 12.6. The van der Waals surface area contributed by atoms with E-state index in [0.717, 1.165) is 41.3 Å². The van der Waals surface area contributed by atoms with E-state index in [2.05, 4.69) is 10.5 Å². The molecule has 1 amide bonds. The van der Waals surface area contributed by atoms with Crippen LogP contribution >= 0.6 is 11.6 Å². The van der Waals surface area contributed by atoms with E-state index in [1.165, 1.54) is 18.6 Å². The zero-order valence-electron chi connectivity index (χ0n) is 16.3. The molecular formula is C21H24ClN3O3S. The largest absolute Gasteiger partial charge is 0.271 e. The Hall–Kier alpha value is -2.38. The molecule has 0 aromatic heterocycles. The van der Waals surface area contributed by atoms with Crippen LogP contribution in [0.4, 0.5) is 5.69 Å². The Bertz CT molecular complexity index is 999. The number of halogens is 1. The number of nitrogens with one attached hydrogen (secondary N) is 1. The van der Waals surface area contributed by atoms with Gasteiger partial charge in [0.15, 0.2) is 0 Å². The smallest absolute Gasteiger partial charge is 0.264 e. The summed E-state index contributed by atoms with van der Waals surface area (Å²) in [5.41, 5.74) is 4.60. The lowest BCUT2D eigenvalue weighted by Crippen LogP contribution is -2.39. The summed E-state index contributed by atoms with van der Waals surface area (Å²) in [6, 6.07) is 12.9. The normalized spacial score (nSPS) is 14.3. The molecule has 29 heavy (non-hydrogen) atoms. The van der Waals surface area contributed by atoms with Crippen molar-refractivity contribution in [3.8, 4) is 0 Å². The van der Waals surface area contributed by atoms with Crippen molar-refractivity contribution in [1.82, 2.24) is 5.43 Å². The van der Waals surface area contributed by atoms with Crippen LogP contribution in [0.1, 0.15) is 37.7 Å². The van der Waals surface area contributed by atoms with Gasteiger partial charge in [0.1, 0.15) is 6.54 Å². The number of carbonyl (C=O) groups excluding carboxylic acids is 1. The van der Waals surface area contributed by atoms with Gasteiger partial charge in [-0.05, 0) is 62.4 Å². The third-order valence-electron chi connectivity index (χ3n) is 4.83. The molecule has 1 aliphatic rings. The van der Waals surface area contributed by atoms with Gasteiger partial charge >= 0.3 is 0 Å². The van der Waals surface area contributed by atoms with Crippen molar-refractivity contribution in [2.45, 2.75) is 43.9 Å². The Morgan fingerprint density at radius 1 is 1.10 bits per heavy atom. The molecule has 2 aromatic rings. The number of sulfonamides is 1. The van der Waals surface area contributed by atoms with Gasteiger partial charge in [-0.3, -0.25) is 9.10 Å². The van der Waals surface area contributed by atoms with Gasteiger partial charge in [-0.25, -0.2) is 13.8 Å². The Labute approximate surface area is 176 Å². The van der Waals surface area contributed by atoms with Crippen LogP contribution < -0.4 is 9.73 Å². The first kappa shape index (κ1) is 21.3. The zero-order chi connectivity index (χ0) is 20.9. The molecule has 8 heteroatoms. The second-order valence-corrected chi connectivity index (χ2v) is 9.30. The number of aryl methyl sites for hydroxylation is 1. The summed E-state index contributed by atoms with van der Waals surface area (Å²) in [7, 11) is -3.96. The molecule has 1 saturated carbocycles. The van der Waals surface area contributed by atoms with E-state index in [9.17, 15) is 13.2 Å². The van der Waals surface area contributed by atoms with Crippen LogP contribution in [0.25, 0.3) is 0 Å². The van der Waals surface area contributed by atoms with Crippen LogP contribution in [0.3, 0.4) is 0 Å². The van der Waals surface area contributed by atoms with Crippen LogP contribution in [0, 0.1) is 6.92 Å². The minimum atomic E-state index is -3.96. The second-order valence-electron chi connectivity index (χ2n) is 7.03. The molecule has 3 rings (SSSR count). The second kappa shape index (κ2) is 9.41. The van der Waals surface area contributed by atoms with Gasteiger partial charge < -0.3 is 0 Å². The predicted molar refractivity (Wildman–Crippen MR) is 116 cm³/mol. The van der Waals surface area contributed by atoms with Crippen molar-refractivity contribution in [2.75, 3.05) is 10.8 Å². The summed E-state index contributed by atoms with van der Waals surface area (Å²) in [6.45, 7) is 1.43. The minimum Gasteiger partial charge on any atom is -0.271 e. The fraction of sp³-hybridized carbons (Fsp3) is 0.333. The minimum absolute atomic E-state index is 0.100. The molecule has 0 heterocycles. The molecule has 1 fully saturated rings. The lowest BCUT2D eigenvalue weighted by Gasteiger charge is -2.24. The number of amides is 1. The molecule has 1 aliphatic carbocycles. The lowest BCUT2D eigenvalue weighted by atomic mass is 9.99. The van der Waals surface area contributed by atoms with Crippen molar-refractivity contribution in [2.24, 2.45) is 5.10 Å². The highest BCUT2D eigenvalue weighted by Crippen LogP contribution is 2.28. The van der Waals surface area contributed by atoms with Crippen LogP contribution in [0.15, 0.2) is 58.5 Å². The highest BCUT2D eigenvalue weighted by molar-refractivity contribution is 7.92. The molecular weight excluding hydrogens is 410 g/mol. The monoisotopic (exact) mass is 433 g/mol. The number of hydrazone groups is 1. The Kier molecular flexibility index (Phi) is 6.92. The van der Waals surface area contributed by atoms with Gasteiger partial charge in [-0.1, -0.05) is 42.3 Å². The Balaban J connectivity index is 1.88. The fourth-order valence-corrected chi connectivity index (χ4v) is 4.76. The Morgan fingerprint density at radius 3 is 2.45 bits per heavy atom. The lowest BCUT2D eigenvalue weighted by molar-refractivity contribution is -0.119. The van der Waals surface area contributed by atoms with Gasteiger partial charge in [0, 0.05) is 10.7 Å². The maximum absolute atomic E-state index is 13.2. The number of benzene rings is 2. The van der Waals surface area contributed by atoms with Crippen molar-refractivity contribution in [1.29, 1.82) is 0 Å². The maximum Gasteiger partial charge on any atom is 0.264 e. The molecule has 0 saturated heterocycles. The number of hydrogen-bond donors (Lipinski definition) is 1. The quantitative estimate of drug-likeness (QED) is 0.690. The van der Waals surface area contributed by atoms with Gasteiger partial charge in [0.2, 0.25) is 0 Å². The van der Waals surface area contributed by atoms with Gasteiger partial charge in [0.25, 0.3) is 15.9 Å². The molecule has 0 unspecified atom stereocenters. The molecule has 0 aliphatic heterocycles. The number of carbonyl (C=O) groups is 1. The average Bonchev–Trinajstić information content (AvgIpc) is 2.74. The van der Waals surface area contributed by atoms with Crippen molar-refractivity contribution >= 4 is 38.9 Å². The molecule has 154 valence electrons. The average molecular weight is 434 g/mol. The molecule has 0 radical (unpaired) electrons. The van der Waals surface area contributed by atoms with Crippen molar-refractivity contribution < 1.29 is 13.2 Å². The van der Waals surface area contributed by atoms with E-state index < -0.39 is 22.5 Å². The number of nitrogens with zero attached hydrogens (tertiary/aromatic N) is 2. The van der Waals surface area contributed by atoms with Crippen LogP contribution in [-0.2, 0) is 14.8 Å². The summed E-state index contributed by atoms with van der Waals surface area (Å²) in [5, 5.41) is 4.62. The van der Waals surface area contributed by atoms with Crippen LogP contribution in [-0.4, -0.2) is 26.6 Å². The molecule has 0 spiro atoms. The third-order valence-corrected chi connectivity index (χ3v) is 7.03. The number of rotatable bonds is 6. The summed E-state index contributed by atoms with van der Waals surface area (Å²) >= 11 is 6.21. The molecule has 0 atom stereocenters. The van der Waals surface area contributed by atoms with Crippen molar-refractivity contribution in [3.05, 3.63) is 59.1 Å². The van der Waals surface area contributed by atoms with E-state index in [1.807, 2.05) is 6.92 Å². The first-order valence-electron chi connectivity index (χ1n) is 9.56. The standard InChI is InChI=1S/C21H24ClN3O3S/c1-16-12-13-18(14-20(16)22)25(29(27,28)19-10-6-3-7-11-19)15-21(26)24-23-17-8-4-2-5-9-17/h3,6-7,10-14H,2,4-5,8-9,15H2,1H3,(H,24,26). The Morgan fingerprint density at radius 2 is 1.79 bits per heavy atom. The topological polar surface area (TPSA) is 78.8 Å². The van der Waals surface area contributed by atoms with Gasteiger partial charge in [0.05, 0.1) is 10.6 Å². The van der Waals surface area contributed by atoms with E-state index in [1.54, 1.807) is 36.4 Å². The zero-order valence-corrected chi connectivity index (χ0v) is 17.8. The highest BCUT2D eigenvalue weighted by Gasteiger charge is 2.27. The van der Waals surface area contributed by atoms with E-state index in [0.29, 0.717) is 10.7 Å². The maximum atomic E-state index is 13.2. The SMILES string of the molecule is Cc1ccc(N(CC(=O)NN=C2CCCCC2)S(=O)(=O)c2ccccc2)cc1Cl. The number of hydrogen-bond acceptors (Lipinski definition) is 4. The molecule has 0 bridgehead atoms. The first-order valence-corrected chi connectivity index (χ1v) is 11.4. The summed E-state index contributed by atoms with van der Waals surface area (Å²) in [5.74, 6) is -0.501.